The molecule has 0 aliphatic rings. The molecule has 4 N–H and O–H groups in total. The molecule has 0 fully saturated rings. The van der Waals surface area contributed by atoms with E-state index in [1.807, 2.05) is 12.3 Å². The van der Waals surface area contributed by atoms with Crippen molar-refractivity contribution >= 4 is 11.6 Å². The lowest BCUT2D eigenvalue weighted by Crippen LogP contribution is -2.11. The van der Waals surface area contributed by atoms with E-state index in [0.717, 1.165) is 11.3 Å². The van der Waals surface area contributed by atoms with Gasteiger partial charge in [-0.15, -0.1) is 0 Å². The minimum absolute atomic E-state index is 0.0573. The second-order valence-electron chi connectivity index (χ2n) is 4.13. The summed E-state index contributed by atoms with van der Waals surface area (Å²) in [5, 5.41) is 16.1. The average Bonchev–Trinajstić information content (AvgIpc) is 2.85. The molecule has 6 heteroatoms. The van der Waals surface area contributed by atoms with Crippen LogP contribution in [-0.2, 0) is 13.1 Å². The summed E-state index contributed by atoms with van der Waals surface area (Å²) in [5.41, 5.74) is 7.55. The molecule has 0 aliphatic carbocycles. The van der Waals surface area contributed by atoms with Crippen LogP contribution in [-0.4, -0.2) is 27.4 Å². The highest BCUT2D eigenvalue weighted by molar-refractivity contribution is 5.92. The maximum atomic E-state index is 11.1. The molecule has 1 amide bonds. The number of nitrogens with zero attached hydrogens (tertiary/aromatic N) is 2. The molecule has 0 aliphatic heterocycles. The Balaban J connectivity index is 1.97. The van der Waals surface area contributed by atoms with E-state index in [1.165, 1.54) is 0 Å². The molecule has 1 heterocycles. The number of hydrogen-bond acceptors (Lipinski definition) is 4. The van der Waals surface area contributed by atoms with Gasteiger partial charge in [-0.2, -0.15) is 5.10 Å². The zero-order valence-electron chi connectivity index (χ0n) is 10.4. The van der Waals surface area contributed by atoms with Crippen molar-refractivity contribution in [2.24, 2.45) is 5.73 Å². The van der Waals surface area contributed by atoms with Gasteiger partial charge in [0.1, 0.15) is 0 Å². The van der Waals surface area contributed by atoms with Crippen molar-refractivity contribution in [3.8, 4) is 0 Å². The SMILES string of the molecule is NC(=O)c1cccc(CNc2cnn(CCO)c2)c1. The number of carbonyl (C=O) groups excluding carboxylic acids is 1. The first kappa shape index (κ1) is 13.1. The van der Waals surface area contributed by atoms with Crippen LogP contribution in [0.25, 0.3) is 0 Å². The number of primary amides is 1. The quantitative estimate of drug-likeness (QED) is 0.708. The number of nitrogens with one attached hydrogen (secondary N) is 1. The number of benzene rings is 1. The molecule has 0 bridgehead atoms. The second kappa shape index (κ2) is 6.01. The Morgan fingerprint density at radius 1 is 1.47 bits per heavy atom. The number of carbonyl (C=O) groups is 1. The normalized spacial score (nSPS) is 10.4. The molecule has 2 aromatic rings. The van der Waals surface area contributed by atoms with Gasteiger partial charge >= 0.3 is 0 Å². The zero-order chi connectivity index (χ0) is 13.7. The third-order valence-corrected chi connectivity index (χ3v) is 2.67. The summed E-state index contributed by atoms with van der Waals surface area (Å²) >= 11 is 0. The minimum atomic E-state index is -0.433. The van der Waals surface area contributed by atoms with Crippen molar-refractivity contribution in [1.29, 1.82) is 0 Å². The van der Waals surface area contributed by atoms with Gasteiger partial charge in [0.15, 0.2) is 0 Å². The molecule has 0 saturated carbocycles. The number of hydrogen-bond donors (Lipinski definition) is 3. The molecule has 6 nitrogen and oxygen atoms in total. The molecule has 1 aromatic carbocycles. The molecule has 100 valence electrons. The van der Waals surface area contributed by atoms with E-state index >= 15 is 0 Å². The van der Waals surface area contributed by atoms with Crippen LogP contribution in [0.3, 0.4) is 0 Å². The highest BCUT2D eigenvalue weighted by Crippen LogP contribution is 2.09. The summed E-state index contributed by atoms with van der Waals surface area (Å²) in [6.45, 7) is 1.10. The molecule has 0 atom stereocenters. The van der Waals surface area contributed by atoms with Crippen molar-refractivity contribution in [2.45, 2.75) is 13.1 Å². The largest absolute Gasteiger partial charge is 0.394 e. The van der Waals surface area contributed by atoms with E-state index in [4.69, 9.17) is 10.8 Å². The lowest BCUT2D eigenvalue weighted by Gasteiger charge is -2.05. The Kier molecular flexibility index (Phi) is 4.15. The number of aliphatic hydroxyl groups excluding tert-OH is 1. The van der Waals surface area contributed by atoms with Crippen LogP contribution >= 0.6 is 0 Å². The Morgan fingerprint density at radius 3 is 3.05 bits per heavy atom. The lowest BCUT2D eigenvalue weighted by molar-refractivity contribution is 0.1000. The van der Waals surface area contributed by atoms with Crippen molar-refractivity contribution in [3.63, 3.8) is 0 Å². The molecule has 1 aromatic heterocycles. The number of nitrogens with two attached hydrogens (primary N) is 1. The van der Waals surface area contributed by atoms with Crippen molar-refractivity contribution < 1.29 is 9.90 Å². The number of amides is 1. The fourth-order valence-corrected chi connectivity index (χ4v) is 1.72. The summed E-state index contributed by atoms with van der Waals surface area (Å²) in [6.07, 6.45) is 3.50. The zero-order valence-corrected chi connectivity index (χ0v) is 10.4. The van der Waals surface area contributed by atoms with Crippen LogP contribution in [0.4, 0.5) is 5.69 Å². The molecular weight excluding hydrogens is 244 g/mol. The second-order valence-corrected chi connectivity index (χ2v) is 4.13. The van der Waals surface area contributed by atoms with Gasteiger partial charge in [-0.3, -0.25) is 9.48 Å². The van der Waals surface area contributed by atoms with Gasteiger partial charge in [-0.25, -0.2) is 0 Å². The molecule has 0 spiro atoms. The topological polar surface area (TPSA) is 93.2 Å². The van der Waals surface area contributed by atoms with Crippen LogP contribution < -0.4 is 11.1 Å². The Hall–Kier alpha value is -2.34. The van der Waals surface area contributed by atoms with Crippen molar-refractivity contribution in [1.82, 2.24) is 9.78 Å². The van der Waals surface area contributed by atoms with Crippen LogP contribution in [0.15, 0.2) is 36.7 Å². The van der Waals surface area contributed by atoms with Gasteiger partial charge in [-0.1, -0.05) is 12.1 Å². The highest BCUT2D eigenvalue weighted by atomic mass is 16.3. The fourth-order valence-electron chi connectivity index (χ4n) is 1.72. The van der Waals surface area contributed by atoms with E-state index in [0.29, 0.717) is 18.7 Å². The molecular formula is C13H16N4O2. The molecule has 0 radical (unpaired) electrons. The summed E-state index contributed by atoms with van der Waals surface area (Å²) in [6, 6.07) is 7.16. The summed E-state index contributed by atoms with van der Waals surface area (Å²) < 4.78 is 1.65. The Bertz CT molecular complexity index is 565. The first-order chi connectivity index (χ1) is 9.19. The van der Waals surface area contributed by atoms with Crippen LogP contribution in [0.2, 0.25) is 0 Å². The number of aliphatic hydroxyl groups is 1. The van der Waals surface area contributed by atoms with Gasteiger partial charge in [0.05, 0.1) is 25.0 Å². The van der Waals surface area contributed by atoms with E-state index in [2.05, 4.69) is 10.4 Å². The van der Waals surface area contributed by atoms with Crippen molar-refractivity contribution in [2.75, 3.05) is 11.9 Å². The maximum absolute atomic E-state index is 11.1. The third kappa shape index (κ3) is 3.56. The minimum Gasteiger partial charge on any atom is -0.394 e. The Morgan fingerprint density at radius 2 is 2.32 bits per heavy atom. The number of anilines is 1. The third-order valence-electron chi connectivity index (χ3n) is 2.67. The first-order valence-electron chi connectivity index (χ1n) is 5.95. The van der Waals surface area contributed by atoms with E-state index < -0.39 is 5.91 Å². The predicted molar refractivity (Wildman–Crippen MR) is 71.6 cm³/mol. The lowest BCUT2D eigenvalue weighted by atomic mass is 10.1. The van der Waals surface area contributed by atoms with Gasteiger partial charge < -0.3 is 16.2 Å². The van der Waals surface area contributed by atoms with Crippen LogP contribution in [0.5, 0.6) is 0 Å². The van der Waals surface area contributed by atoms with Crippen molar-refractivity contribution in [3.05, 3.63) is 47.8 Å². The van der Waals surface area contributed by atoms with Gasteiger partial charge in [0.2, 0.25) is 5.91 Å². The predicted octanol–water partition coefficient (Wildman–Crippen LogP) is 0.586. The summed E-state index contributed by atoms with van der Waals surface area (Å²) in [4.78, 5) is 11.1. The molecule has 0 unspecified atom stereocenters. The van der Waals surface area contributed by atoms with Gasteiger partial charge in [0, 0.05) is 18.3 Å². The monoisotopic (exact) mass is 260 g/mol. The summed E-state index contributed by atoms with van der Waals surface area (Å²) in [5.74, 6) is -0.433. The first-order valence-corrected chi connectivity index (χ1v) is 5.95. The van der Waals surface area contributed by atoms with Gasteiger partial charge in [-0.05, 0) is 17.7 Å². The molecule has 19 heavy (non-hydrogen) atoms. The van der Waals surface area contributed by atoms with Gasteiger partial charge in [0.25, 0.3) is 0 Å². The average molecular weight is 260 g/mol. The summed E-state index contributed by atoms with van der Waals surface area (Å²) in [7, 11) is 0. The smallest absolute Gasteiger partial charge is 0.248 e. The Labute approximate surface area is 110 Å². The molecule has 0 saturated heterocycles. The highest BCUT2D eigenvalue weighted by Gasteiger charge is 2.02. The fraction of sp³-hybridized carbons (Fsp3) is 0.231. The maximum Gasteiger partial charge on any atom is 0.248 e. The molecule has 2 rings (SSSR count). The van der Waals surface area contributed by atoms with Crippen LogP contribution in [0, 0.1) is 0 Å². The number of aromatic nitrogens is 2. The number of rotatable bonds is 6. The standard InChI is InChI=1S/C13H16N4O2/c14-13(19)11-3-1-2-10(6-11)7-15-12-8-16-17(9-12)4-5-18/h1-3,6,8-9,15,18H,4-5,7H2,(H2,14,19). The van der Waals surface area contributed by atoms with E-state index in [-0.39, 0.29) is 6.61 Å². The van der Waals surface area contributed by atoms with E-state index in [1.54, 1.807) is 29.1 Å². The van der Waals surface area contributed by atoms with Crippen LogP contribution in [0.1, 0.15) is 15.9 Å². The van der Waals surface area contributed by atoms with E-state index in [9.17, 15) is 4.79 Å².